The summed E-state index contributed by atoms with van der Waals surface area (Å²) in [7, 11) is 1.79. The third kappa shape index (κ3) is 3.26. The average Bonchev–Trinajstić information content (AvgIpc) is 3.19. The maximum Gasteiger partial charge on any atom is 0.122 e. The minimum atomic E-state index is 0.535. The Kier molecular flexibility index (Phi) is 4.71. The average molecular weight is 379 g/mol. The monoisotopic (exact) mass is 378 g/mol. The van der Waals surface area contributed by atoms with Crippen molar-refractivity contribution in [3.8, 4) is 5.75 Å². The van der Waals surface area contributed by atoms with Gasteiger partial charge in [-0.2, -0.15) is 10.2 Å². The van der Waals surface area contributed by atoms with Gasteiger partial charge in [-0.3, -0.25) is 0 Å². The van der Waals surface area contributed by atoms with Gasteiger partial charge in [0.05, 0.1) is 25.2 Å². The maximum absolute atomic E-state index is 5.59. The molecule has 0 radical (unpaired) electrons. The molecule has 0 amide bonds. The highest BCUT2D eigenvalue weighted by molar-refractivity contribution is 5.47. The SMILES string of the molecule is COc1ccccc1C1CCN(C2CCC3(C2)CN(c2ccnnc2)C3)CC1. The van der Waals surface area contributed by atoms with Crippen LogP contribution < -0.4 is 9.64 Å². The zero-order valence-corrected chi connectivity index (χ0v) is 16.8. The number of rotatable bonds is 4. The quantitative estimate of drug-likeness (QED) is 0.811. The van der Waals surface area contributed by atoms with Gasteiger partial charge in [-0.1, -0.05) is 18.2 Å². The van der Waals surface area contributed by atoms with Crippen molar-refractivity contribution in [2.75, 3.05) is 38.2 Å². The third-order valence-electron chi connectivity index (χ3n) is 7.29. The van der Waals surface area contributed by atoms with Crippen molar-refractivity contribution in [3.63, 3.8) is 0 Å². The zero-order valence-electron chi connectivity index (χ0n) is 16.8. The largest absolute Gasteiger partial charge is 0.496 e. The first kappa shape index (κ1) is 17.9. The Labute approximate surface area is 167 Å². The number of benzene rings is 1. The molecule has 1 aliphatic carbocycles. The molecule has 1 atom stereocenters. The molecule has 5 rings (SSSR count). The van der Waals surface area contributed by atoms with Crippen LogP contribution in [0.25, 0.3) is 0 Å². The van der Waals surface area contributed by atoms with Crippen LogP contribution in [0.5, 0.6) is 5.75 Å². The lowest BCUT2D eigenvalue weighted by Crippen LogP contribution is -2.56. The predicted octanol–water partition coefficient (Wildman–Crippen LogP) is 3.72. The van der Waals surface area contributed by atoms with E-state index in [-0.39, 0.29) is 0 Å². The van der Waals surface area contributed by atoms with Gasteiger partial charge < -0.3 is 14.5 Å². The summed E-state index contributed by atoms with van der Waals surface area (Å²) in [5.74, 6) is 1.70. The molecule has 1 saturated carbocycles. The highest BCUT2D eigenvalue weighted by Crippen LogP contribution is 2.49. The second-order valence-corrected chi connectivity index (χ2v) is 8.91. The van der Waals surface area contributed by atoms with E-state index in [4.69, 9.17) is 4.74 Å². The molecule has 2 saturated heterocycles. The van der Waals surface area contributed by atoms with Crippen LogP contribution >= 0.6 is 0 Å². The Bertz CT molecular complexity index is 797. The summed E-state index contributed by atoms with van der Waals surface area (Å²) in [6.07, 6.45) is 10.3. The number of anilines is 1. The Morgan fingerprint density at radius 3 is 2.61 bits per heavy atom. The van der Waals surface area contributed by atoms with Crippen molar-refractivity contribution in [1.29, 1.82) is 0 Å². The summed E-state index contributed by atoms with van der Waals surface area (Å²) < 4.78 is 5.59. The summed E-state index contributed by atoms with van der Waals surface area (Å²) in [5, 5.41) is 7.92. The topological polar surface area (TPSA) is 41.5 Å². The van der Waals surface area contributed by atoms with Gasteiger partial charge in [0.2, 0.25) is 0 Å². The van der Waals surface area contributed by atoms with Crippen molar-refractivity contribution in [2.45, 2.75) is 44.1 Å². The number of hydrogen-bond acceptors (Lipinski definition) is 5. The lowest BCUT2D eigenvalue weighted by molar-refractivity contribution is 0.131. The van der Waals surface area contributed by atoms with Crippen LogP contribution in [0.4, 0.5) is 5.69 Å². The van der Waals surface area contributed by atoms with Crippen molar-refractivity contribution >= 4 is 5.69 Å². The first-order valence-corrected chi connectivity index (χ1v) is 10.6. The smallest absolute Gasteiger partial charge is 0.122 e. The molecule has 2 aliphatic heterocycles. The van der Waals surface area contributed by atoms with Crippen LogP contribution in [0.15, 0.2) is 42.7 Å². The Morgan fingerprint density at radius 1 is 1.04 bits per heavy atom. The van der Waals surface area contributed by atoms with Crippen LogP contribution in [-0.2, 0) is 0 Å². The predicted molar refractivity (Wildman–Crippen MR) is 111 cm³/mol. The van der Waals surface area contributed by atoms with E-state index in [1.54, 1.807) is 13.3 Å². The van der Waals surface area contributed by atoms with Gasteiger partial charge in [-0.15, -0.1) is 0 Å². The molecule has 5 heteroatoms. The fourth-order valence-electron chi connectivity index (χ4n) is 5.77. The van der Waals surface area contributed by atoms with Gasteiger partial charge in [-0.25, -0.2) is 0 Å². The molecule has 1 aromatic carbocycles. The van der Waals surface area contributed by atoms with Crippen LogP contribution in [0.3, 0.4) is 0 Å². The van der Waals surface area contributed by atoms with Gasteiger partial charge in [-0.05, 0) is 68.8 Å². The molecule has 1 aromatic heterocycles. The minimum Gasteiger partial charge on any atom is -0.496 e. The number of hydrogen-bond donors (Lipinski definition) is 0. The number of nitrogens with zero attached hydrogens (tertiary/aromatic N) is 4. The van der Waals surface area contributed by atoms with Gasteiger partial charge >= 0.3 is 0 Å². The third-order valence-corrected chi connectivity index (χ3v) is 7.29. The highest BCUT2D eigenvalue weighted by atomic mass is 16.5. The molecule has 1 spiro atoms. The van der Waals surface area contributed by atoms with Crippen LogP contribution in [0.1, 0.15) is 43.6 Å². The number of para-hydroxylation sites is 1. The molecule has 2 aromatic rings. The molecular weight excluding hydrogens is 348 g/mol. The number of likely N-dealkylation sites (tertiary alicyclic amines) is 1. The number of aromatic nitrogens is 2. The molecule has 0 N–H and O–H groups in total. The second-order valence-electron chi connectivity index (χ2n) is 8.91. The van der Waals surface area contributed by atoms with E-state index >= 15 is 0 Å². The summed E-state index contributed by atoms with van der Waals surface area (Å²) in [4.78, 5) is 5.24. The van der Waals surface area contributed by atoms with Gasteiger partial charge in [0.15, 0.2) is 0 Å². The van der Waals surface area contributed by atoms with E-state index in [1.807, 2.05) is 6.20 Å². The van der Waals surface area contributed by atoms with Crippen LogP contribution in [-0.4, -0.2) is 54.4 Å². The van der Waals surface area contributed by atoms with Crippen LogP contribution in [0, 0.1) is 5.41 Å². The highest BCUT2D eigenvalue weighted by Gasteiger charge is 2.49. The molecular formula is C23H30N4O. The Morgan fingerprint density at radius 2 is 1.86 bits per heavy atom. The van der Waals surface area contributed by atoms with Crippen molar-refractivity contribution in [2.24, 2.45) is 5.41 Å². The lowest BCUT2D eigenvalue weighted by atomic mass is 9.77. The molecule has 3 fully saturated rings. The zero-order chi connectivity index (χ0) is 19.0. The van der Waals surface area contributed by atoms with E-state index in [9.17, 15) is 0 Å². The van der Waals surface area contributed by atoms with E-state index in [0.29, 0.717) is 11.3 Å². The molecule has 148 valence electrons. The number of methoxy groups -OCH3 is 1. The summed E-state index contributed by atoms with van der Waals surface area (Å²) in [6, 6.07) is 11.4. The van der Waals surface area contributed by atoms with E-state index in [1.165, 1.54) is 69.5 Å². The minimum absolute atomic E-state index is 0.535. The van der Waals surface area contributed by atoms with Gasteiger partial charge in [0.1, 0.15) is 5.75 Å². The Hall–Kier alpha value is -2.14. The first-order chi connectivity index (χ1) is 13.8. The van der Waals surface area contributed by atoms with Gasteiger partial charge in [0.25, 0.3) is 0 Å². The molecule has 0 bridgehead atoms. The van der Waals surface area contributed by atoms with Crippen molar-refractivity contribution < 1.29 is 4.74 Å². The van der Waals surface area contributed by atoms with Crippen molar-refractivity contribution in [3.05, 3.63) is 48.3 Å². The summed E-state index contributed by atoms with van der Waals surface area (Å²) in [5.41, 5.74) is 3.16. The normalized spacial score (nSPS) is 25.0. The van der Waals surface area contributed by atoms with E-state index in [2.05, 4.69) is 50.3 Å². The van der Waals surface area contributed by atoms with Gasteiger partial charge in [0, 0.05) is 24.5 Å². The lowest BCUT2D eigenvalue weighted by Gasteiger charge is -2.50. The summed E-state index contributed by atoms with van der Waals surface area (Å²) in [6.45, 7) is 4.82. The molecule has 3 heterocycles. The standard InChI is InChI=1S/C23H30N4O/c1-28-22-5-3-2-4-21(22)18-8-12-26(13-9-18)19-6-10-23(14-19)16-27(17-23)20-7-11-24-25-15-20/h2-5,7,11,15,18-19H,6,8-10,12-14,16-17H2,1H3. The maximum atomic E-state index is 5.59. The number of piperidine rings is 1. The fourth-order valence-corrected chi connectivity index (χ4v) is 5.77. The van der Waals surface area contributed by atoms with Crippen molar-refractivity contribution in [1.82, 2.24) is 15.1 Å². The number of ether oxygens (including phenoxy) is 1. The van der Waals surface area contributed by atoms with E-state index < -0.39 is 0 Å². The molecule has 1 unspecified atom stereocenters. The van der Waals surface area contributed by atoms with E-state index in [0.717, 1.165) is 11.8 Å². The first-order valence-electron chi connectivity index (χ1n) is 10.6. The summed E-state index contributed by atoms with van der Waals surface area (Å²) >= 11 is 0. The molecule has 3 aliphatic rings. The molecule has 5 nitrogen and oxygen atoms in total. The molecule has 28 heavy (non-hydrogen) atoms. The van der Waals surface area contributed by atoms with Crippen LogP contribution in [0.2, 0.25) is 0 Å². The second kappa shape index (κ2) is 7.36. The fraction of sp³-hybridized carbons (Fsp3) is 0.565. The Balaban J connectivity index is 1.15.